The Bertz CT molecular complexity index is 1620. The van der Waals surface area contributed by atoms with Crippen molar-refractivity contribution in [2.45, 2.75) is 29.7 Å². The summed E-state index contributed by atoms with van der Waals surface area (Å²) in [6, 6.07) is 34.7. The van der Waals surface area contributed by atoms with Crippen molar-refractivity contribution >= 4 is 29.4 Å². The van der Waals surface area contributed by atoms with E-state index in [9.17, 15) is 19.5 Å². The molecule has 0 bridgehead atoms. The highest BCUT2D eigenvalue weighted by molar-refractivity contribution is 8.00. The average molecular weight is 591 g/mol. The van der Waals surface area contributed by atoms with Crippen molar-refractivity contribution in [3.05, 3.63) is 149 Å². The quantitative estimate of drug-likeness (QED) is 0.158. The summed E-state index contributed by atoms with van der Waals surface area (Å²) in [4.78, 5) is 42.6. The van der Waals surface area contributed by atoms with Crippen LogP contribution in [0, 0.1) is 5.92 Å². The number of benzene rings is 4. The van der Waals surface area contributed by atoms with Gasteiger partial charge in [-0.15, -0.1) is 11.8 Å². The molecule has 1 fully saturated rings. The van der Waals surface area contributed by atoms with Crippen molar-refractivity contribution in [1.29, 1.82) is 0 Å². The molecule has 4 aromatic carbocycles. The lowest BCUT2D eigenvalue weighted by Crippen LogP contribution is -2.65. The maximum Gasteiger partial charge on any atom is 0.356 e. The highest BCUT2D eigenvalue weighted by Crippen LogP contribution is 2.47. The van der Waals surface area contributed by atoms with Crippen molar-refractivity contribution < 1.29 is 24.2 Å². The zero-order valence-corrected chi connectivity index (χ0v) is 24.0. The van der Waals surface area contributed by atoms with Gasteiger partial charge in [0.15, 0.2) is 11.9 Å². The Morgan fingerprint density at radius 2 is 1.37 bits per heavy atom. The second kappa shape index (κ2) is 12.3. The van der Waals surface area contributed by atoms with Crippen LogP contribution in [-0.4, -0.2) is 38.4 Å². The van der Waals surface area contributed by atoms with Gasteiger partial charge in [-0.25, -0.2) is 4.79 Å². The lowest BCUT2D eigenvalue weighted by atomic mass is 9.87. The van der Waals surface area contributed by atoms with Crippen LogP contribution in [0.25, 0.3) is 0 Å². The van der Waals surface area contributed by atoms with Crippen molar-refractivity contribution in [3.8, 4) is 5.75 Å². The van der Waals surface area contributed by atoms with Crippen molar-refractivity contribution in [3.63, 3.8) is 0 Å². The summed E-state index contributed by atoms with van der Waals surface area (Å²) in [5.41, 5.74) is 10.5. The van der Waals surface area contributed by atoms with Gasteiger partial charge in [-0.3, -0.25) is 14.5 Å². The molecule has 1 saturated heterocycles. The van der Waals surface area contributed by atoms with E-state index in [4.69, 9.17) is 10.5 Å². The third-order valence-electron chi connectivity index (χ3n) is 7.74. The second-order valence-electron chi connectivity index (χ2n) is 10.6. The molecule has 7 nitrogen and oxygen atoms in total. The number of ether oxygens (including phenoxy) is 1. The number of carbonyl (C=O) groups excluding carboxylic acids is 3. The molecule has 2 heterocycles. The molecule has 216 valence electrons. The summed E-state index contributed by atoms with van der Waals surface area (Å²) in [5, 5.41) is 8.50. The fourth-order valence-corrected chi connectivity index (χ4v) is 6.98. The van der Waals surface area contributed by atoms with Gasteiger partial charge in [0.2, 0.25) is 5.91 Å². The minimum absolute atomic E-state index is 0.0787. The fourth-order valence-electron chi connectivity index (χ4n) is 5.56. The molecule has 0 spiro atoms. The number of fused-ring (bicyclic) bond motifs is 1. The van der Waals surface area contributed by atoms with E-state index < -0.39 is 34.6 Å². The van der Waals surface area contributed by atoms with E-state index >= 15 is 0 Å². The van der Waals surface area contributed by atoms with E-state index in [0.717, 1.165) is 22.3 Å². The molecule has 43 heavy (non-hydrogen) atoms. The molecule has 2 aliphatic heterocycles. The summed E-state index contributed by atoms with van der Waals surface area (Å²) in [6.45, 7) is 0. The summed E-state index contributed by atoms with van der Waals surface area (Å²) in [7, 11) is 0. The average Bonchev–Trinajstić information content (AvgIpc) is 3.03. The van der Waals surface area contributed by atoms with E-state index in [1.165, 1.54) is 16.7 Å². The molecule has 3 N–H and O–H groups in total. The number of Topliss-reactive ketones (excluding diaryl/α,β-unsaturated/α-hetero) is 1. The maximum atomic E-state index is 14.2. The van der Waals surface area contributed by atoms with Crippen LogP contribution in [0.2, 0.25) is 0 Å². The minimum Gasteiger partial charge on any atom is -0.508 e. The van der Waals surface area contributed by atoms with E-state index in [1.54, 1.807) is 24.3 Å². The van der Waals surface area contributed by atoms with Gasteiger partial charge in [-0.1, -0.05) is 103 Å². The predicted molar refractivity (Wildman–Crippen MR) is 164 cm³/mol. The Kier molecular flexibility index (Phi) is 8.13. The summed E-state index contributed by atoms with van der Waals surface area (Å²) >= 11 is 1.30. The number of hydrogen-bond acceptors (Lipinski definition) is 7. The number of rotatable bonds is 9. The smallest absolute Gasteiger partial charge is 0.356 e. The number of phenolic OH excluding ortho intramolecular Hbond substituents is 1. The van der Waals surface area contributed by atoms with Gasteiger partial charge in [-0.05, 0) is 46.4 Å². The standard InChI is InChI=1S/C35H30N2O5S/c36-32-27(20-23-16-18-26(38)19-17-23)30(35(41)42-31(24-12-6-2-7-13-24)25-14-8-3-9-15-25)37-33(40)29(34(37)43-32)28(39)21-22-10-4-1-5-11-22/h1-19,29,31-32,34,38H,20-21,36H2/t29-,32?,34-/m1/s1. The summed E-state index contributed by atoms with van der Waals surface area (Å²) < 4.78 is 6.21. The molecule has 8 heteroatoms. The number of hydrogen-bond donors (Lipinski definition) is 2. The number of ketones is 1. The van der Waals surface area contributed by atoms with Crippen LogP contribution < -0.4 is 5.73 Å². The molecule has 0 saturated carbocycles. The third-order valence-corrected chi connectivity index (χ3v) is 9.08. The molecule has 1 amide bonds. The Balaban J connectivity index is 1.36. The number of phenols is 1. The van der Waals surface area contributed by atoms with Gasteiger partial charge < -0.3 is 15.6 Å². The number of esters is 1. The lowest BCUT2D eigenvalue weighted by molar-refractivity contribution is -0.159. The van der Waals surface area contributed by atoms with Crippen LogP contribution >= 0.6 is 11.8 Å². The van der Waals surface area contributed by atoms with E-state index in [1.807, 2.05) is 91.0 Å². The van der Waals surface area contributed by atoms with Gasteiger partial charge in [0.05, 0.1) is 5.37 Å². The molecule has 4 aromatic rings. The SMILES string of the molecule is NC1S[C@@H]2[C@H](C(=O)Cc3ccccc3)C(=O)N2C(C(=O)OC(c2ccccc2)c2ccccc2)=C1Cc1ccc(O)cc1. The van der Waals surface area contributed by atoms with Crippen LogP contribution in [0.4, 0.5) is 0 Å². The number of carbonyl (C=O) groups is 3. The van der Waals surface area contributed by atoms with Crippen LogP contribution in [0.3, 0.4) is 0 Å². The predicted octanol–water partition coefficient (Wildman–Crippen LogP) is 5.15. The molecule has 1 unspecified atom stereocenters. The molecule has 2 aliphatic rings. The first-order valence-electron chi connectivity index (χ1n) is 14.0. The second-order valence-corrected chi connectivity index (χ2v) is 11.8. The summed E-state index contributed by atoms with van der Waals surface area (Å²) in [5.74, 6) is -2.12. The Hall–Kier alpha value is -4.66. The molecular weight excluding hydrogens is 560 g/mol. The van der Waals surface area contributed by atoms with Gasteiger partial charge in [0.25, 0.3) is 0 Å². The van der Waals surface area contributed by atoms with Crippen LogP contribution in [0.15, 0.2) is 127 Å². The minimum atomic E-state index is -0.909. The summed E-state index contributed by atoms with van der Waals surface area (Å²) in [6.07, 6.45) is -0.349. The highest BCUT2D eigenvalue weighted by atomic mass is 32.2. The molecule has 6 rings (SSSR count). The number of β-lactam (4-membered cyclic amide) rings is 1. The maximum absolute atomic E-state index is 14.2. The zero-order valence-electron chi connectivity index (χ0n) is 23.2. The van der Waals surface area contributed by atoms with Gasteiger partial charge in [0.1, 0.15) is 22.7 Å². The highest BCUT2D eigenvalue weighted by Gasteiger charge is 2.58. The molecule has 0 aromatic heterocycles. The number of aromatic hydroxyl groups is 1. The first-order valence-corrected chi connectivity index (χ1v) is 15.0. The number of nitrogens with zero attached hydrogens (tertiary/aromatic N) is 1. The van der Waals surface area contributed by atoms with Crippen LogP contribution in [0.5, 0.6) is 5.75 Å². The first-order chi connectivity index (χ1) is 20.9. The fraction of sp³-hybridized carbons (Fsp3) is 0.171. The van der Waals surface area contributed by atoms with Crippen molar-refractivity contribution in [2.24, 2.45) is 11.7 Å². The normalized spacial score (nSPS) is 19.5. The Labute approximate surface area is 254 Å². The Morgan fingerprint density at radius 1 is 0.814 bits per heavy atom. The lowest BCUT2D eigenvalue weighted by Gasteiger charge is -2.50. The number of amides is 1. The van der Waals surface area contributed by atoms with Crippen molar-refractivity contribution in [1.82, 2.24) is 4.90 Å². The first kappa shape index (κ1) is 28.5. The van der Waals surface area contributed by atoms with Crippen LogP contribution in [-0.2, 0) is 32.0 Å². The van der Waals surface area contributed by atoms with E-state index in [2.05, 4.69) is 0 Å². The van der Waals surface area contributed by atoms with Gasteiger partial charge >= 0.3 is 5.97 Å². The van der Waals surface area contributed by atoms with E-state index in [0.29, 0.717) is 5.57 Å². The third kappa shape index (κ3) is 5.84. The van der Waals surface area contributed by atoms with E-state index in [-0.39, 0.29) is 30.1 Å². The largest absolute Gasteiger partial charge is 0.508 e. The van der Waals surface area contributed by atoms with Gasteiger partial charge in [-0.2, -0.15) is 0 Å². The molecular formula is C35H30N2O5S. The monoisotopic (exact) mass is 590 g/mol. The van der Waals surface area contributed by atoms with Gasteiger partial charge in [0, 0.05) is 6.42 Å². The number of thioether (sulfide) groups is 1. The van der Waals surface area contributed by atoms with Crippen molar-refractivity contribution in [2.75, 3.05) is 0 Å². The molecule has 0 radical (unpaired) electrons. The molecule has 3 atom stereocenters. The number of nitrogens with two attached hydrogens (primary N) is 1. The molecule has 0 aliphatic carbocycles. The Morgan fingerprint density at radius 3 is 1.95 bits per heavy atom. The zero-order chi connectivity index (χ0) is 29.9. The van der Waals surface area contributed by atoms with Crippen LogP contribution in [0.1, 0.15) is 28.4 Å². The topological polar surface area (TPSA) is 110 Å².